The van der Waals surface area contributed by atoms with Gasteiger partial charge < -0.3 is 19.6 Å². The quantitative estimate of drug-likeness (QED) is 0.406. The first-order valence-corrected chi connectivity index (χ1v) is 9.51. The van der Waals surface area contributed by atoms with Crippen LogP contribution in [-0.2, 0) is 20.9 Å². The molecule has 2 amide bonds. The Morgan fingerprint density at radius 3 is 2.64 bits per heavy atom. The molecule has 0 aromatic heterocycles. The maximum Gasteiger partial charge on any atom is 0.517 e. The minimum absolute atomic E-state index is 0.0584. The van der Waals surface area contributed by atoms with Crippen molar-refractivity contribution in [1.29, 1.82) is 0 Å². The summed E-state index contributed by atoms with van der Waals surface area (Å²) in [5.74, 6) is -0.387. The molecule has 1 aromatic carbocycles. The fourth-order valence-corrected chi connectivity index (χ4v) is 3.01. The molecule has 7 nitrogen and oxygen atoms in total. The third kappa shape index (κ3) is 5.64. The number of carbonyl (C=O) groups is 2. The van der Waals surface area contributed by atoms with Crippen molar-refractivity contribution in [3.63, 3.8) is 0 Å². The second-order valence-electron chi connectivity index (χ2n) is 7.92. The highest BCUT2D eigenvalue weighted by Gasteiger charge is 2.49. The zero-order valence-electron chi connectivity index (χ0n) is 16.9. The van der Waals surface area contributed by atoms with Crippen LogP contribution in [0.5, 0.6) is 0 Å². The van der Waals surface area contributed by atoms with Crippen molar-refractivity contribution in [1.82, 2.24) is 4.90 Å². The molecule has 7 heteroatoms. The SMILES string of the molecule is C=CCCN1CC[N@+]([O-])(C(=O)OC(C)(C)C)C(COCc2ccccc2)C1=O. The van der Waals surface area contributed by atoms with Gasteiger partial charge >= 0.3 is 6.09 Å². The van der Waals surface area contributed by atoms with Crippen LogP contribution in [0.3, 0.4) is 0 Å². The molecule has 28 heavy (non-hydrogen) atoms. The summed E-state index contributed by atoms with van der Waals surface area (Å²) in [5.41, 5.74) is 0.112. The monoisotopic (exact) mass is 390 g/mol. The molecular weight excluding hydrogens is 360 g/mol. The maximum atomic E-state index is 13.4. The van der Waals surface area contributed by atoms with Crippen molar-refractivity contribution in [2.75, 3.05) is 26.2 Å². The minimum atomic E-state index is -1.35. The van der Waals surface area contributed by atoms with Gasteiger partial charge in [0, 0.05) is 6.54 Å². The highest BCUT2D eigenvalue weighted by atomic mass is 16.7. The van der Waals surface area contributed by atoms with Crippen molar-refractivity contribution in [3.05, 3.63) is 53.8 Å². The Hall–Kier alpha value is -2.22. The Morgan fingerprint density at radius 2 is 2.04 bits per heavy atom. The lowest BCUT2D eigenvalue weighted by Gasteiger charge is -2.49. The molecule has 1 aromatic rings. The average molecular weight is 390 g/mol. The van der Waals surface area contributed by atoms with E-state index in [0.29, 0.717) is 13.0 Å². The summed E-state index contributed by atoms with van der Waals surface area (Å²) in [6, 6.07) is 8.27. The zero-order chi connectivity index (χ0) is 20.8. The molecule has 0 aliphatic carbocycles. The number of benzene rings is 1. The van der Waals surface area contributed by atoms with Crippen LogP contribution in [0, 0.1) is 5.21 Å². The van der Waals surface area contributed by atoms with E-state index in [-0.39, 0.29) is 32.2 Å². The summed E-state index contributed by atoms with van der Waals surface area (Å²) in [7, 11) is 0. The molecule has 1 aliphatic heterocycles. The molecule has 1 aliphatic rings. The molecule has 2 rings (SSSR count). The number of amides is 2. The van der Waals surface area contributed by atoms with Gasteiger partial charge in [-0.05, 0) is 32.8 Å². The van der Waals surface area contributed by atoms with E-state index in [2.05, 4.69) is 6.58 Å². The molecular formula is C21H30N2O5. The first-order chi connectivity index (χ1) is 13.2. The number of hydrogen-bond acceptors (Lipinski definition) is 5. The van der Waals surface area contributed by atoms with Gasteiger partial charge in [-0.25, -0.2) is 4.65 Å². The van der Waals surface area contributed by atoms with Gasteiger partial charge in [-0.15, -0.1) is 6.58 Å². The number of quaternary nitrogens is 1. The number of carbonyl (C=O) groups excluding carboxylic acids is 2. The van der Waals surface area contributed by atoms with Gasteiger partial charge in [-0.2, -0.15) is 4.79 Å². The number of hydroxylamine groups is 3. The molecule has 0 bridgehead atoms. The number of nitrogens with zero attached hydrogens (tertiary/aromatic N) is 2. The van der Waals surface area contributed by atoms with E-state index in [4.69, 9.17) is 9.47 Å². The average Bonchev–Trinajstić information content (AvgIpc) is 2.63. The smallest absolute Gasteiger partial charge is 0.517 e. The van der Waals surface area contributed by atoms with Crippen LogP contribution in [0.1, 0.15) is 32.8 Å². The number of rotatable bonds is 7. The zero-order valence-corrected chi connectivity index (χ0v) is 16.9. The van der Waals surface area contributed by atoms with Crippen molar-refractivity contribution in [3.8, 4) is 0 Å². The Labute approximate surface area is 166 Å². The van der Waals surface area contributed by atoms with Crippen LogP contribution in [0.25, 0.3) is 0 Å². The number of hydrogen-bond donors (Lipinski definition) is 0. The predicted molar refractivity (Wildman–Crippen MR) is 106 cm³/mol. The predicted octanol–water partition coefficient (Wildman–Crippen LogP) is 3.24. The minimum Gasteiger partial charge on any atom is -0.622 e. The lowest BCUT2D eigenvalue weighted by Crippen LogP contribution is -2.69. The Bertz CT molecular complexity index is 686. The molecule has 0 saturated carbocycles. The van der Waals surface area contributed by atoms with E-state index < -0.39 is 22.4 Å². The summed E-state index contributed by atoms with van der Waals surface area (Å²) in [6.07, 6.45) is 1.39. The van der Waals surface area contributed by atoms with Gasteiger partial charge in [-0.3, -0.25) is 4.79 Å². The normalized spacial score (nSPS) is 22.8. The van der Waals surface area contributed by atoms with Crippen molar-refractivity contribution >= 4 is 12.0 Å². The van der Waals surface area contributed by atoms with Gasteiger partial charge in [-0.1, -0.05) is 36.4 Å². The molecule has 2 atom stereocenters. The van der Waals surface area contributed by atoms with E-state index in [1.165, 1.54) is 0 Å². The first-order valence-electron chi connectivity index (χ1n) is 9.51. The van der Waals surface area contributed by atoms with Crippen LogP contribution in [-0.4, -0.2) is 59.4 Å². The standard InChI is InChI=1S/C21H30N2O5/c1-5-6-12-22-13-14-23(26,20(25)28-21(2,3)4)18(19(22)24)16-27-15-17-10-8-7-9-11-17/h5,7-11,18H,1,6,12-16H2,2-4H3/t18?,23-/m1/s1. The van der Waals surface area contributed by atoms with Crippen LogP contribution < -0.4 is 0 Å². The van der Waals surface area contributed by atoms with Crippen molar-refractivity contribution < 1.29 is 23.7 Å². The van der Waals surface area contributed by atoms with E-state index in [1.807, 2.05) is 30.3 Å². The molecule has 154 valence electrons. The Morgan fingerprint density at radius 1 is 1.36 bits per heavy atom. The fourth-order valence-electron chi connectivity index (χ4n) is 3.01. The Balaban J connectivity index is 2.15. The summed E-state index contributed by atoms with van der Waals surface area (Å²) in [5, 5.41) is 13.4. The maximum absolute atomic E-state index is 13.4. The van der Waals surface area contributed by atoms with Crippen LogP contribution >= 0.6 is 0 Å². The lowest BCUT2D eigenvalue weighted by atomic mass is 10.1. The summed E-state index contributed by atoms with van der Waals surface area (Å²) < 4.78 is 9.63. The van der Waals surface area contributed by atoms with E-state index >= 15 is 0 Å². The number of ether oxygens (including phenoxy) is 2. The summed E-state index contributed by atoms with van der Waals surface area (Å²) in [6.45, 7) is 9.46. The molecule has 1 heterocycles. The largest absolute Gasteiger partial charge is 0.622 e. The highest BCUT2D eigenvalue weighted by molar-refractivity contribution is 5.83. The molecule has 0 radical (unpaired) electrons. The van der Waals surface area contributed by atoms with Gasteiger partial charge in [0.15, 0.2) is 0 Å². The van der Waals surface area contributed by atoms with Gasteiger partial charge in [0.1, 0.15) is 18.8 Å². The van der Waals surface area contributed by atoms with Crippen LogP contribution in [0.2, 0.25) is 0 Å². The van der Waals surface area contributed by atoms with Gasteiger partial charge in [0.25, 0.3) is 5.91 Å². The van der Waals surface area contributed by atoms with Gasteiger partial charge in [0.05, 0.1) is 13.2 Å². The topological polar surface area (TPSA) is 78.9 Å². The van der Waals surface area contributed by atoms with Crippen molar-refractivity contribution in [2.24, 2.45) is 0 Å². The second kappa shape index (κ2) is 9.32. The van der Waals surface area contributed by atoms with Gasteiger partial charge in [0.2, 0.25) is 6.04 Å². The third-order valence-corrected chi connectivity index (χ3v) is 4.50. The van der Waals surface area contributed by atoms with E-state index in [1.54, 1.807) is 31.7 Å². The molecule has 1 saturated heterocycles. The van der Waals surface area contributed by atoms with Crippen LogP contribution in [0.4, 0.5) is 4.79 Å². The molecule has 0 N–H and O–H groups in total. The Kier molecular flexibility index (Phi) is 7.35. The third-order valence-electron chi connectivity index (χ3n) is 4.50. The van der Waals surface area contributed by atoms with Crippen LogP contribution in [0.15, 0.2) is 43.0 Å². The molecule has 0 spiro atoms. The van der Waals surface area contributed by atoms with E-state index in [9.17, 15) is 14.8 Å². The molecule has 1 unspecified atom stereocenters. The van der Waals surface area contributed by atoms with Crippen molar-refractivity contribution in [2.45, 2.75) is 45.4 Å². The summed E-state index contributed by atoms with van der Waals surface area (Å²) in [4.78, 5) is 27.2. The highest BCUT2D eigenvalue weighted by Crippen LogP contribution is 2.25. The van der Waals surface area contributed by atoms with E-state index in [0.717, 1.165) is 5.56 Å². The second-order valence-corrected chi connectivity index (χ2v) is 7.92. The fraction of sp³-hybridized carbons (Fsp3) is 0.524. The first kappa shape index (κ1) is 22.1. The summed E-state index contributed by atoms with van der Waals surface area (Å²) >= 11 is 0. The molecule has 1 fully saturated rings. The lowest BCUT2D eigenvalue weighted by molar-refractivity contribution is -0.830. The number of piperazine rings is 1.